The van der Waals surface area contributed by atoms with Gasteiger partial charge in [-0.15, -0.1) is 0 Å². The maximum Gasteiger partial charge on any atom is 0.321 e. The average molecular weight is 256 g/mol. The number of benzene rings is 1. The van der Waals surface area contributed by atoms with E-state index < -0.39 is 0 Å². The number of carbonyl (C=O) groups is 1. The highest BCUT2D eigenvalue weighted by Crippen LogP contribution is 2.20. The fourth-order valence-corrected chi connectivity index (χ4v) is 1.55. The Morgan fingerprint density at radius 2 is 2.12 bits per heavy atom. The van der Waals surface area contributed by atoms with Gasteiger partial charge in [0, 0.05) is 13.6 Å². The van der Waals surface area contributed by atoms with E-state index in [2.05, 4.69) is 10.6 Å². The summed E-state index contributed by atoms with van der Waals surface area (Å²) in [7, 11) is 3.66. The summed E-state index contributed by atoms with van der Waals surface area (Å²) < 4.78 is 0. The summed E-state index contributed by atoms with van der Waals surface area (Å²) in [5.41, 5.74) is 0.639. The maximum atomic E-state index is 11.8. The molecule has 1 aromatic carbocycles. The number of para-hydroxylation sites is 1. The molecule has 0 bridgehead atoms. The van der Waals surface area contributed by atoms with Gasteiger partial charge in [0.25, 0.3) is 0 Å². The molecular weight excluding hydrogens is 238 g/mol. The Hall–Kier alpha value is -1.26. The fourth-order valence-electron chi connectivity index (χ4n) is 1.37. The standard InChI is InChI=1S/C12H18ClN3O/c1-14-8-5-9-16(2)12(17)15-11-7-4-3-6-10(11)13/h3-4,6-7,14H,5,8-9H2,1-2H3,(H,15,17). The van der Waals surface area contributed by atoms with Crippen molar-refractivity contribution in [2.75, 3.05) is 32.5 Å². The molecule has 0 saturated heterocycles. The summed E-state index contributed by atoms with van der Waals surface area (Å²) in [6, 6.07) is 7.05. The minimum Gasteiger partial charge on any atom is -0.328 e. The minimum absolute atomic E-state index is 0.144. The smallest absolute Gasteiger partial charge is 0.321 e. The highest BCUT2D eigenvalue weighted by atomic mass is 35.5. The van der Waals surface area contributed by atoms with E-state index >= 15 is 0 Å². The quantitative estimate of drug-likeness (QED) is 0.794. The summed E-state index contributed by atoms with van der Waals surface area (Å²) in [4.78, 5) is 13.4. The fraction of sp³-hybridized carbons (Fsp3) is 0.417. The van der Waals surface area contributed by atoms with Crippen molar-refractivity contribution in [2.24, 2.45) is 0 Å². The van der Waals surface area contributed by atoms with E-state index in [0.717, 1.165) is 13.0 Å². The van der Waals surface area contributed by atoms with Crippen molar-refractivity contribution in [2.45, 2.75) is 6.42 Å². The third kappa shape index (κ3) is 4.63. The van der Waals surface area contributed by atoms with Crippen LogP contribution >= 0.6 is 11.6 Å². The van der Waals surface area contributed by atoms with E-state index in [1.54, 1.807) is 24.1 Å². The first-order chi connectivity index (χ1) is 8.15. The van der Waals surface area contributed by atoms with Crippen LogP contribution in [0, 0.1) is 0 Å². The van der Waals surface area contributed by atoms with Crippen LogP contribution in [0.25, 0.3) is 0 Å². The zero-order valence-electron chi connectivity index (χ0n) is 10.2. The van der Waals surface area contributed by atoms with Gasteiger partial charge in [0.05, 0.1) is 10.7 Å². The van der Waals surface area contributed by atoms with Crippen LogP contribution in [0.1, 0.15) is 6.42 Å². The number of hydrogen-bond acceptors (Lipinski definition) is 2. The average Bonchev–Trinajstić information content (AvgIpc) is 2.32. The van der Waals surface area contributed by atoms with Crippen LogP contribution in [0.2, 0.25) is 5.02 Å². The van der Waals surface area contributed by atoms with Crippen molar-refractivity contribution in [1.29, 1.82) is 0 Å². The van der Waals surface area contributed by atoms with Crippen molar-refractivity contribution in [1.82, 2.24) is 10.2 Å². The first-order valence-corrected chi connectivity index (χ1v) is 5.94. The Kier molecular flexibility index (Phi) is 5.80. The monoisotopic (exact) mass is 255 g/mol. The van der Waals surface area contributed by atoms with Crippen molar-refractivity contribution < 1.29 is 4.79 Å². The number of hydrogen-bond donors (Lipinski definition) is 2. The zero-order valence-corrected chi connectivity index (χ0v) is 10.9. The molecule has 1 aromatic rings. The van der Waals surface area contributed by atoms with Gasteiger partial charge < -0.3 is 15.5 Å². The third-order valence-electron chi connectivity index (χ3n) is 2.38. The van der Waals surface area contributed by atoms with Crippen molar-refractivity contribution in [3.8, 4) is 0 Å². The van der Waals surface area contributed by atoms with E-state index in [-0.39, 0.29) is 6.03 Å². The number of nitrogens with zero attached hydrogens (tertiary/aromatic N) is 1. The van der Waals surface area contributed by atoms with Crippen LogP contribution in [-0.4, -0.2) is 38.1 Å². The molecule has 2 amide bonds. The molecule has 94 valence electrons. The SMILES string of the molecule is CNCCCN(C)C(=O)Nc1ccccc1Cl. The molecule has 0 fully saturated rings. The molecular formula is C12H18ClN3O. The number of carbonyl (C=O) groups excluding carboxylic acids is 1. The largest absolute Gasteiger partial charge is 0.328 e. The number of amides is 2. The lowest BCUT2D eigenvalue weighted by molar-refractivity contribution is 0.222. The molecule has 0 radical (unpaired) electrons. The van der Waals surface area contributed by atoms with Crippen molar-refractivity contribution in [3.63, 3.8) is 0 Å². The van der Waals surface area contributed by atoms with E-state index in [1.807, 2.05) is 19.2 Å². The second-order valence-corrected chi connectivity index (χ2v) is 4.20. The number of rotatable bonds is 5. The molecule has 0 heterocycles. The number of anilines is 1. The van der Waals surface area contributed by atoms with E-state index in [1.165, 1.54) is 0 Å². The first-order valence-electron chi connectivity index (χ1n) is 5.56. The Morgan fingerprint density at radius 1 is 1.41 bits per heavy atom. The van der Waals surface area contributed by atoms with Gasteiger partial charge in [-0.2, -0.15) is 0 Å². The Morgan fingerprint density at radius 3 is 2.76 bits per heavy atom. The Labute approximate surface area is 107 Å². The molecule has 0 atom stereocenters. The predicted octanol–water partition coefficient (Wildman–Crippen LogP) is 2.41. The Balaban J connectivity index is 2.46. The molecule has 5 heteroatoms. The Bertz CT molecular complexity index is 371. The van der Waals surface area contributed by atoms with Crippen LogP contribution in [0.4, 0.5) is 10.5 Å². The lowest BCUT2D eigenvalue weighted by Gasteiger charge is -2.18. The zero-order chi connectivity index (χ0) is 12.7. The lowest BCUT2D eigenvalue weighted by atomic mass is 10.3. The van der Waals surface area contributed by atoms with Gasteiger partial charge in [0.2, 0.25) is 0 Å². The van der Waals surface area contributed by atoms with Crippen LogP contribution in [0.15, 0.2) is 24.3 Å². The lowest BCUT2D eigenvalue weighted by Crippen LogP contribution is -2.33. The number of urea groups is 1. The molecule has 17 heavy (non-hydrogen) atoms. The van der Waals surface area contributed by atoms with Gasteiger partial charge in [-0.25, -0.2) is 4.79 Å². The minimum atomic E-state index is -0.144. The van der Waals surface area contributed by atoms with Crippen LogP contribution in [0.5, 0.6) is 0 Å². The van der Waals surface area contributed by atoms with Gasteiger partial charge in [0.1, 0.15) is 0 Å². The number of nitrogens with one attached hydrogen (secondary N) is 2. The van der Waals surface area contributed by atoms with E-state index in [4.69, 9.17) is 11.6 Å². The second kappa shape index (κ2) is 7.14. The molecule has 0 saturated carbocycles. The summed E-state index contributed by atoms with van der Waals surface area (Å²) in [6.45, 7) is 1.60. The van der Waals surface area contributed by atoms with Gasteiger partial charge in [-0.05, 0) is 32.1 Å². The van der Waals surface area contributed by atoms with Crippen LogP contribution < -0.4 is 10.6 Å². The summed E-state index contributed by atoms with van der Waals surface area (Å²) >= 11 is 5.96. The molecule has 0 aliphatic carbocycles. The normalized spacial score (nSPS) is 10.1. The van der Waals surface area contributed by atoms with Crippen molar-refractivity contribution in [3.05, 3.63) is 29.3 Å². The highest BCUT2D eigenvalue weighted by molar-refractivity contribution is 6.33. The molecule has 0 unspecified atom stereocenters. The summed E-state index contributed by atoms with van der Waals surface area (Å²) in [6.07, 6.45) is 0.920. The van der Waals surface area contributed by atoms with Crippen molar-refractivity contribution >= 4 is 23.3 Å². The van der Waals surface area contributed by atoms with E-state index in [9.17, 15) is 4.79 Å². The molecule has 0 aliphatic rings. The summed E-state index contributed by atoms with van der Waals surface area (Å²) in [5.74, 6) is 0. The highest BCUT2D eigenvalue weighted by Gasteiger charge is 2.09. The van der Waals surface area contributed by atoms with E-state index in [0.29, 0.717) is 17.3 Å². The van der Waals surface area contributed by atoms with Crippen LogP contribution in [0.3, 0.4) is 0 Å². The molecule has 1 rings (SSSR count). The molecule has 0 aliphatic heterocycles. The molecule has 4 nitrogen and oxygen atoms in total. The summed E-state index contributed by atoms with van der Waals surface area (Å²) in [5, 5.41) is 6.36. The van der Waals surface area contributed by atoms with Crippen LogP contribution in [-0.2, 0) is 0 Å². The topological polar surface area (TPSA) is 44.4 Å². The molecule has 0 spiro atoms. The third-order valence-corrected chi connectivity index (χ3v) is 2.71. The van der Waals surface area contributed by atoms with Gasteiger partial charge in [-0.1, -0.05) is 23.7 Å². The van der Waals surface area contributed by atoms with Gasteiger partial charge >= 0.3 is 6.03 Å². The molecule has 0 aromatic heterocycles. The number of halogens is 1. The van der Waals surface area contributed by atoms with Gasteiger partial charge in [-0.3, -0.25) is 0 Å². The maximum absolute atomic E-state index is 11.8. The molecule has 2 N–H and O–H groups in total. The first kappa shape index (κ1) is 13.8. The second-order valence-electron chi connectivity index (χ2n) is 3.79. The van der Waals surface area contributed by atoms with Gasteiger partial charge in [0.15, 0.2) is 0 Å². The predicted molar refractivity (Wildman–Crippen MR) is 71.6 cm³/mol.